The Kier molecular flexibility index (Phi) is 7.37. The van der Waals surface area contributed by atoms with E-state index < -0.39 is 16.0 Å². The van der Waals surface area contributed by atoms with E-state index in [0.29, 0.717) is 18.7 Å². The van der Waals surface area contributed by atoms with Gasteiger partial charge in [0.2, 0.25) is 10.0 Å². The number of nitrogens with zero attached hydrogens (tertiary/aromatic N) is 1. The minimum atomic E-state index is -3.67. The number of nitrogens with one attached hydrogen (secondary N) is 1. The number of carbonyl (C=O) groups is 2. The largest absolute Gasteiger partial charge is 0.452 e. The maximum Gasteiger partial charge on any atom is 0.338 e. The number of likely N-dealkylation sites (N-methyl/N-ethyl adjacent to an activating group) is 1. The predicted octanol–water partition coefficient (Wildman–Crippen LogP) is 1.32. The highest BCUT2D eigenvalue weighted by atomic mass is 32.2. The van der Waals surface area contributed by atoms with Gasteiger partial charge in [-0.3, -0.25) is 4.79 Å². The Morgan fingerprint density at radius 1 is 1.17 bits per heavy atom. The van der Waals surface area contributed by atoms with Crippen LogP contribution in [0.1, 0.15) is 36.7 Å². The van der Waals surface area contributed by atoms with Crippen LogP contribution < -0.4 is 4.72 Å². The summed E-state index contributed by atoms with van der Waals surface area (Å²) in [6, 6.07) is 4.22. The first kappa shape index (κ1) is 20.1. The van der Waals surface area contributed by atoms with Crippen molar-refractivity contribution in [2.24, 2.45) is 0 Å². The average molecular weight is 356 g/mol. The number of hydrogen-bond donors (Lipinski definition) is 1. The average Bonchev–Trinajstić information content (AvgIpc) is 2.53. The lowest BCUT2D eigenvalue weighted by Gasteiger charge is -2.18. The van der Waals surface area contributed by atoms with Crippen molar-refractivity contribution in [2.45, 2.75) is 32.6 Å². The molecule has 0 radical (unpaired) electrons. The summed E-state index contributed by atoms with van der Waals surface area (Å²) in [5, 5.41) is 0. The molecule has 24 heavy (non-hydrogen) atoms. The fourth-order valence-electron chi connectivity index (χ4n) is 2.13. The Labute approximate surface area is 143 Å². The fourth-order valence-corrected chi connectivity index (χ4v) is 3.20. The smallest absolute Gasteiger partial charge is 0.338 e. The molecule has 1 aromatic carbocycles. The minimum Gasteiger partial charge on any atom is -0.452 e. The fraction of sp³-hybridized carbons (Fsp3) is 0.500. The standard InChI is InChI=1S/C16H24N2O5S/c1-5-17-24(21,22)13-9-8-12(4)14(10-13)16(20)23-11-15(19)18(6-2)7-3/h8-10,17H,5-7,11H2,1-4H3. The summed E-state index contributed by atoms with van der Waals surface area (Å²) in [4.78, 5) is 25.6. The van der Waals surface area contributed by atoms with Gasteiger partial charge in [0.1, 0.15) is 0 Å². The molecule has 0 spiro atoms. The highest BCUT2D eigenvalue weighted by molar-refractivity contribution is 7.89. The maximum absolute atomic E-state index is 12.2. The summed E-state index contributed by atoms with van der Waals surface area (Å²) < 4.78 is 31.5. The number of benzene rings is 1. The molecule has 0 fully saturated rings. The first-order valence-electron chi connectivity index (χ1n) is 7.82. The van der Waals surface area contributed by atoms with Crippen LogP contribution in [0, 0.1) is 6.92 Å². The van der Waals surface area contributed by atoms with Gasteiger partial charge in [-0.05, 0) is 38.5 Å². The molecule has 0 saturated carbocycles. The molecular formula is C16H24N2O5S. The topological polar surface area (TPSA) is 92.8 Å². The number of aryl methyl sites for hydroxylation is 1. The van der Waals surface area contributed by atoms with E-state index in [9.17, 15) is 18.0 Å². The van der Waals surface area contributed by atoms with Crippen molar-refractivity contribution in [2.75, 3.05) is 26.2 Å². The van der Waals surface area contributed by atoms with E-state index >= 15 is 0 Å². The van der Waals surface area contributed by atoms with Crippen LogP contribution >= 0.6 is 0 Å². The van der Waals surface area contributed by atoms with Crippen molar-refractivity contribution in [3.05, 3.63) is 29.3 Å². The third kappa shape index (κ3) is 5.04. The zero-order valence-electron chi connectivity index (χ0n) is 14.5. The first-order chi connectivity index (χ1) is 11.3. The van der Waals surface area contributed by atoms with Gasteiger partial charge in [0.25, 0.3) is 5.91 Å². The van der Waals surface area contributed by atoms with Gasteiger partial charge in [0.05, 0.1) is 10.5 Å². The molecule has 0 aliphatic heterocycles. The van der Waals surface area contributed by atoms with E-state index in [1.54, 1.807) is 18.7 Å². The molecule has 0 aromatic heterocycles. The molecule has 0 bridgehead atoms. The van der Waals surface area contributed by atoms with Crippen molar-refractivity contribution in [3.8, 4) is 0 Å². The van der Waals surface area contributed by atoms with Crippen molar-refractivity contribution >= 4 is 21.9 Å². The van der Waals surface area contributed by atoms with Gasteiger partial charge in [-0.25, -0.2) is 17.9 Å². The zero-order chi connectivity index (χ0) is 18.3. The van der Waals surface area contributed by atoms with Crippen LogP contribution in [0.25, 0.3) is 0 Å². The molecule has 0 unspecified atom stereocenters. The first-order valence-corrected chi connectivity index (χ1v) is 9.30. The van der Waals surface area contributed by atoms with Crippen LogP contribution in [0.15, 0.2) is 23.1 Å². The van der Waals surface area contributed by atoms with Crippen molar-refractivity contribution in [3.63, 3.8) is 0 Å². The maximum atomic E-state index is 12.2. The van der Waals surface area contributed by atoms with Gasteiger partial charge < -0.3 is 9.64 Å². The number of ether oxygens (including phenoxy) is 1. The van der Waals surface area contributed by atoms with E-state index in [-0.39, 0.29) is 29.5 Å². The molecular weight excluding hydrogens is 332 g/mol. The van der Waals surface area contributed by atoms with Crippen LogP contribution in [0.4, 0.5) is 0 Å². The lowest BCUT2D eigenvalue weighted by atomic mass is 10.1. The number of sulfonamides is 1. The van der Waals surface area contributed by atoms with Crippen LogP contribution in [-0.2, 0) is 19.6 Å². The summed E-state index contributed by atoms with van der Waals surface area (Å²) >= 11 is 0. The third-order valence-corrected chi connectivity index (χ3v) is 5.06. The zero-order valence-corrected chi connectivity index (χ0v) is 15.3. The molecule has 1 aromatic rings. The molecule has 1 N–H and O–H groups in total. The van der Waals surface area contributed by atoms with Crippen molar-refractivity contribution < 1.29 is 22.7 Å². The van der Waals surface area contributed by atoms with Gasteiger partial charge in [-0.15, -0.1) is 0 Å². The van der Waals surface area contributed by atoms with Crippen LogP contribution in [0.5, 0.6) is 0 Å². The molecule has 134 valence electrons. The predicted molar refractivity (Wildman–Crippen MR) is 90.3 cm³/mol. The second kappa shape index (κ2) is 8.79. The van der Waals surface area contributed by atoms with Crippen LogP contribution in [0.3, 0.4) is 0 Å². The molecule has 8 heteroatoms. The SMILES string of the molecule is CCNS(=O)(=O)c1ccc(C)c(C(=O)OCC(=O)N(CC)CC)c1. The lowest BCUT2D eigenvalue weighted by Crippen LogP contribution is -2.34. The van der Waals surface area contributed by atoms with Crippen LogP contribution in [0.2, 0.25) is 0 Å². The lowest BCUT2D eigenvalue weighted by molar-refractivity contribution is -0.134. The third-order valence-electron chi connectivity index (χ3n) is 3.52. The Bertz CT molecular complexity index is 696. The Balaban J connectivity index is 2.93. The Morgan fingerprint density at radius 3 is 2.33 bits per heavy atom. The summed E-state index contributed by atoms with van der Waals surface area (Å²) in [5.41, 5.74) is 0.701. The van der Waals surface area contributed by atoms with Gasteiger partial charge in [-0.1, -0.05) is 13.0 Å². The second-order valence-electron chi connectivity index (χ2n) is 5.12. The molecule has 1 rings (SSSR count). The summed E-state index contributed by atoms with van der Waals surface area (Å²) in [6.45, 7) is 7.94. The summed E-state index contributed by atoms with van der Waals surface area (Å²) in [6.07, 6.45) is 0. The number of carbonyl (C=O) groups excluding carboxylic acids is 2. The van der Waals surface area contributed by atoms with Gasteiger partial charge in [0, 0.05) is 19.6 Å². The highest BCUT2D eigenvalue weighted by Gasteiger charge is 2.19. The second-order valence-corrected chi connectivity index (χ2v) is 6.89. The molecule has 0 aliphatic rings. The number of amides is 1. The molecule has 0 atom stereocenters. The normalized spacial score (nSPS) is 11.2. The van der Waals surface area contributed by atoms with E-state index in [4.69, 9.17) is 4.74 Å². The number of hydrogen-bond acceptors (Lipinski definition) is 5. The van der Waals surface area contributed by atoms with Crippen molar-refractivity contribution in [1.82, 2.24) is 9.62 Å². The van der Waals surface area contributed by atoms with E-state index in [1.807, 2.05) is 13.8 Å². The van der Waals surface area contributed by atoms with E-state index in [0.717, 1.165) is 0 Å². The summed E-state index contributed by atoms with van der Waals surface area (Å²) in [7, 11) is -3.67. The molecule has 0 aliphatic carbocycles. The van der Waals surface area contributed by atoms with Crippen molar-refractivity contribution in [1.29, 1.82) is 0 Å². The number of rotatable bonds is 8. The van der Waals surface area contributed by atoms with Gasteiger partial charge in [-0.2, -0.15) is 0 Å². The number of esters is 1. The molecule has 0 saturated heterocycles. The quantitative estimate of drug-likeness (QED) is 0.709. The van der Waals surface area contributed by atoms with Gasteiger partial charge >= 0.3 is 5.97 Å². The molecule has 1 amide bonds. The highest BCUT2D eigenvalue weighted by Crippen LogP contribution is 2.16. The van der Waals surface area contributed by atoms with E-state index in [2.05, 4.69) is 4.72 Å². The van der Waals surface area contributed by atoms with E-state index in [1.165, 1.54) is 18.2 Å². The monoisotopic (exact) mass is 356 g/mol. The Morgan fingerprint density at radius 2 is 1.79 bits per heavy atom. The summed E-state index contributed by atoms with van der Waals surface area (Å²) in [5.74, 6) is -1.01. The van der Waals surface area contributed by atoms with Crippen LogP contribution in [-0.4, -0.2) is 51.4 Å². The molecule has 0 heterocycles. The van der Waals surface area contributed by atoms with Gasteiger partial charge in [0.15, 0.2) is 6.61 Å². The minimum absolute atomic E-state index is 0.0167. The Hall–Kier alpha value is -1.93. The molecule has 7 nitrogen and oxygen atoms in total.